The molecule has 0 spiro atoms. The molecule has 2 rings (SSSR count). The van der Waals surface area contributed by atoms with Crippen molar-refractivity contribution in [3.8, 4) is 5.75 Å². The van der Waals surface area contributed by atoms with Crippen LogP contribution in [-0.4, -0.2) is 36.0 Å². The van der Waals surface area contributed by atoms with Gasteiger partial charge in [0.05, 0.1) is 7.11 Å². The number of nitrogens with one attached hydrogen (secondary N) is 1. The van der Waals surface area contributed by atoms with Gasteiger partial charge in [0, 0.05) is 10.1 Å². The van der Waals surface area contributed by atoms with Crippen molar-refractivity contribution in [2.24, 2.45) is 0 Å². The average molecular weight is 295 g/mol. The lowest BCUT2D eigenvalue weighted by Crippen LogP contribution is -2.53. The van der Waals surface area contributed by atoms with Crippen LogP contribution in [0, 0.1) is 0 Å². The maximum absolute atomic E-state index is 11.5. The molecule has 5 heteroatoms. The normalized spacial score (nSPS) is 26.2. The van der Waals surface area contributed by atoms with E-state index >= 15 is 0 Å². The molecule has 4 nitrogen and oxygen atoms in total. The number of likely N-dealkylation sites (N-methyl/N-ethyl adjacent to an activating group) is 1. The Labute approximate surface area is 123 Å². The first-order valence-electron chi connectivity index (χ1n) is 6.82. The van der Waals surface area contributed by atoms with E-state index in [9.17, 15) is 9.90 Å². The quantitative estimate of drug-likeness (QED) is 0.875. The molecule has 1 fully saturated rings. The molecule has 0 aromatic heterocycles. The number of methoxy groups -OCH3 is 1. The molecule has 1 aromatic carbocycles. The lowest BCUT2D eigenvalue weighted by molar-refractivity contribution is -0.146. The molecule has 0 heterocycles. The van der Waals surface area contributed by atoms with Gasteiger partial charge in [-0.3, -0.25) is 4.79 Å². The first-order chi connectivity index (χ1) is 9.59. The molecule has 0 aliphatic heterocycles. The third-order valence-electron chi connectivity index (χ3n) is 3.96. The minimum Gasteiger partial charge on any atom is -0.497 e. The molecule has 0 bridgehead atoms. The first-order valence-corrected chi connectivity index (χ1v) is 7.70. The van der Waals surface area contributed by atoms with Crippen LogP contribution in [0.25, 0.3) is 0 Å². The van der Waals surface area contributed by atoms with E-state index in [0.717, 1.165) is 23.5 Å². The monoisotopic (exact) mass is 295 g/mol. The van der Waals surface area contributed by atoms with E-state index in [1.165, 1.54) is 0 Å². The van der Waals surface area contributed by atoms with Crippen LogP contribution in [-0.2, 0) is 4.79 Å². The largest absolute Gasteiger partial charge is 0.497 e. The number of thioether (sulfide) groups is 1. The number of carbonyl (C=O) groups is 1. The molecule has 1 saturated carbocycles. The number of ether oxygens (including phenoxy) is 1. The van der Waals surface area contributed by atoms with E-state index in [1.807, 2.05) is 24.3 Å². The van der Waals surface area contributed by atoms with Gasteiger partial charge in [-0.1, -0.05) is 0 Å². The summed E-state index contributed by atoms with van der Waals surface area (Å²) in [6, 6.07) is 7.93. The molecular weight excluding hydrogens is 274 g/mol. The molecule has 0 radical (unpaired) electrons. The molecule has 0 saturated heterocycles. The van der Waals surface area contributed by atoms with E-state index < -0.39 is 11.5 Å². The summed E-state index contributed by atoms with van der Waals surface area (Å²) >= 11 is 1.76. The van der Waals surface area contributed by atoms with Crippen LogP contribution in [0.5, 0.6) is 5.75 Å². The van der Waals surface area contributed by atoms with Crippen LogP contribution in [0.1, 0.15) is 25.7 Å². The summed E-state index contributed by atoms with van der Waals surface area (Å²) in [6.07, 6.45) is 3.38. The van der Waals surface area contributed by atoms with Crippen molar-refractivity contribution in [3.05, 3.63) is 24.3 Å². The van der Waals surface area contributed by atoms with Crippen LogP contribution in [0.2, 0.25) is 0 Å². The second kappa shape index (κ2) is 6.50. The molecule has 2 atom stereocenters. The standard InChI is InChI=1S/C15H21NO3S/c1-16-15(14(17)18)9-3-4-13(10-15)20-12-7-5-11(19-2)6-8-12/h5-8,13,16H,3-4,9-10H2,1-2H3,(H,17,18). The Morgan fingerprint density at radius 3 is 2.70 bits per heavy atom. The molecule has 1 aromatic rings. The number of benzene rings is 1. The summed E-state index contributed by atoms with van der Waals surface area (Å²) in [5, 5.41) is 12.8. The Hall–Kier alpha value is -1.20. The summed E-state index contributed by atoms with van der Waals surface area (Å²) in [5.74, 6) is 0.105. The van der Waals surface area contributed by atoms with E-state index in [0.29, 0.717) is 18.1 Å². The van der Waals surface area contributed by atoms with Crippen LogP contribution in [0.4, 0.5) is 0 Å². The van der Waals surface area contributed by atoms with Crippen molar-refractivity contribution in [3.63, 3.8) is 0 Å². The van der Waals surface area contributed by atoms with Gasteiger partial charge in [0.1, 0.15) is 11.3 Å². The van der Waals surface area contributed by atoms with Gasteiger partial charge in [-0.15, -0.1) is 11.8 Å². The molecule has 2 unspecified atom stereocenters. The zero-order chi connectivity index (χ0) is 14.6. The van der Waals surface area contributed by atoms with E-state index in [-0.39, 0.29) is 0 Å². The highest BCUT2D eigenvalue weighted by molar-refractivity contribution is 8.00. The molecular formula is C15H21NO3S. The zero-order valence-electron chi connectivity index (χ0n) is 11.9. The van der Waals surface area contributed by atoms with Crippen molar-refractivity contribution < 1.29 is 14.6 Å². The fraction of sp³-hybridized carbons (Fsp3) is 0.533. The third-order valence-corrected chi connectivity index (χ3v) is 5.24. The third kappa shape index (κ3) is 3.27. The minimum atomic E-state index is -0.762. The van der Waals surface area contributed by atoms with Gasteiger partial charge in [-0.05, 0) is 57.0 Å². The van der Waals surface area contributed by atoms with Crippen LogP contribution >= 0.6 is 11.8 Å². The van der Waals surface area contributed by atoms with Crippen molar-refractivity contribution in [1.29, 1.82) is 0 Å². The smallest absolute Gasteiger partial charge is 0.323 e. The molecule has 1 aliphatic carbocycles. The summed E-state index contributed by atoms with van der Waals surface area (Å²) < 4.78 is 5.14. The average Bonchev–Trinajstić information content (AvgIpc) is 2.48. The first kappa shape index (κ1) is 15.2. The number of carboxylic acid groups (broad SMARTS) is 1. The van der Waals surface area contributed by atoms with Crippen LogP contribution < -0.4 is 10.1 Å². The van der Waals surface area contributed by atoms with Crippen molar-refractivity contribution in [2.75, 3.05) is 14.2 Å². The number of hydrogen-bond donors (Lipinski definition) is 2. The fourth-order valence-corrected chi connectivity index (χ4v) is 4.03. The lowest BCUT2D eigenvalue weighted by atomic mass is 9.81. The summed E-state index contributed by atoms with van der Waals surface area (Å²) in [7, 11) is 3.39. The summed E-state index contributed by atoms with van der Waals surface area (Å²) in [4.78, 5) is 12.7. The van der Waals surface area contributed by atoms with E-state index in [2.05, 4.69) is 5.32 Å². The predicted octanol–water partition coefficient (Wildman–Crippen LogP) is 2.77. The van der Waals surface area contributed by atoms with Gasteiger partial charge in [-0.2, -0.15) is 0 Å². The Balaban J connectivity index is 2.03. The number of carboxylic acids is 1. The van der Waals surface area contributed by atoms with Gasteiger partial charge in [-0.25, -0.2) is 0 Å². The molecule has 20 heavy (non-hydrogen) atoms. The van der Waals surface area contributed by atoms with Crippen LogP contribution in [0.15, 0.2) is 29.2 Å². The topological polar surface area (TPSA) is 58.6 Å². The van der Waals surface area contributed by atoms with Gasteiger partial charge in [0.15, 0.2) is 0 Å². The molecule has 1 aliphatic rings. The minimum absolute atomic E-state index is 0.334. The summed E-state index contributed by atoms with van der Waals surface area (Å²) in [5.41, 5.74) is -0.762. The maximum atomic E-state index is 11.5. The van der Waals surface area contributed by atoms with Gasteiger partial charge >= 0.3 is 5.97 Å². The lowest BCUT2D eigenvalue weighted by Gasteiger charge is -2.37. The molecule has 0 amide bonds. The number of aliphatic carboxylic acids is 1. The highest BCUT2D eigenvalue weighted by atomic mass is 32.2. The van der Waals surface area contributed by atoms with Gasteiger partial charge in [0.25, 0.3) is 0 Å². The van der Waals surface area contributed by atoms with E-state index in [4.69, 9.17) is 4.74 Å². The Morgan fingerprint density at radius 2 is 2.15 bits per heavy atom. The number of hydrogen-bond acceptors (Lipinski definition) is 4. The second-order valence-electron chi connectivity index (χ2n) is 5.15. The predicted molar refractivity (Wildman–Crippen MR) is 80.5 cm³/mol. The summed E-state index contributed by atoms with van der Waals surface area (Å²) in [6.45, 7) is 0. The Kier molecular flexibility index (Phi) is 4.94. The van der Waals surface area contributed by atoms with Gasteiger partial charge in [0.2, 0.25) is 0 Å². The molecule has 110 valence electrons. The zero-order valence-corrected chi connectivity index (χ0v) is 12.7. The highest BCUT2D eigenvalue weighted by Crippen LogP contribution is 2.38. The van der Waals surface area contributed by atoms with Crippen LogP contribution in [0.3, 0.4) is 0 Å². The van der Waals surface area contributed by atoms with Crippen molar-refractivity contribution in [1.82, 2.24) is 5.32 Å². The van der Waals surface area contributed by atoms with Crippen molar-refractivity contribution in [2.45, 2.75) is 41.4 Å². The second-order valence-corrected chi connectivity index (χ2v) is 6.52. The van der Waals surface area contributed by atoms with E-state index in [1.54, 1.807) is 25.9 Å². The molecule has 2 N–H and O–H groups in total. The Morgan fingerprint density at radius 1 is 1.45 bits per heavy atom. The highest BCUT2D eigenvalue weighted by Gasteiger charge is 2.41. The number of rotatable bonds is 5. The van der Waals surface area contributed by atoms with Gasteiger partial charge < -0.3 is 15.2 Å². The maximum Gasteiger partial charge on any atom is 0.323 e. The SMILES string of the molecule is CNC1(C(=O)O)CCCC(Sc2ccc(OC)cc2)C1. The van der Waals surface area contributed by atoms with Crippen molar-refractivity contribution >= 4 is 17.7 Å². The fourth-order valence-electron chi connectivity index (χ4n) is 2.70. The Bertz CT molecular complexity index is 463.